The maximum Gasteiger partial charge on any atom is 0.243 e. The van der Waals surface area contributed by atoms with Gasteiger partial charge in [0, 0.05) is 12.1 Å². The van der Waals surface area contributed by atoms with Crippen molar-refractivity contribution < 1.29 is 14.0 Å². The molecule has 2 N–H and O–H groups in total. The molecule has 0 aliphatic heterocycles. The monoisotopic (exact) mass is 454 g/mol. The van der Waals surface area contributed by atoms with Gasteiger partial charge in [-0.25, -0.2) is 0 Å². The molecule has 0 radical (unpaired) electrons. The smallest absolute Gasteiger partial charge is 0.243 e. The molecular weight excluding hydrogens is 424 g/mol. The van der Waals surface area contributed by atoms with Crippen molar-refractivity contribution in [2.24, 2.45) is 5.92 Å². The van der Waals surface area contributed by atoms with Gasteiger partial charge in [-0.3, -0.25) is 9.59 Å². The zero-order chi connectivity index (χ0) is 23.9. The minimum atomic E-state index is -0.657. The number of hydrogen-bond donors (Lipinski definition) is 2. The Labute approximate surface area is 200 Å². The fourth-order valence-electron chi connectivity index (χ4n) is 4.11. The van der Waals surface area contributed by atoms with Crippen molar-refractivity contribution in [3.63, 3.8) is 0 Å². The lowest BCUT2D eigenvalue weighted by Crippen LogP contribution is -2.49. The average molecular weight is 455 g/mol. The van der Waals surface area contributed by atoms with E-state index in [9.17, 15) is 9.59 Å². The predicted octanol–water partition coefficient (Wildman–Crippen LogP) is 5.87. The SMILES string of the molecule is CC(C)C[C@H](NC(=O)[C@H](Cc1ccccc1)Nc1ccc2ccccc2c1)C(=O)c1ccco1. The van der Waals surface area contributed by atoms with E-state index in [2.05, 4.69) is 16.7 Å². The molecular formula is C29H30N2O3. The van der Waals surface area contributed by atoms with Gasteiger partial charge in [0.25, 0.3) is 0 Å². The zero-order valence-corrected chi connectivity index (χ0v) is 19.5. The summed E-state index contributed by atoms with van der Waals surface area (Å²) in [4.78, 5) is 26.6. The molecule has 1 amide bonds. The number of furan rings is 1. The molecule has 1 aromatic heterocycles. The molecule has 0 saturated carbocycles. The number of benzene rings is 3. The largest absolute Gasteiger partial charge is 0.461 e. The maximum atomic E-state index is 13.5. The molecule has 4 aromatic rings. The number of Topliss-reactive ketones (excluding diaryl/α,β-unsaturated/α-hetero) is 1. The van der Waals surface area contributed by atoms with E-state index in [1.807, 2.05) is 80.6 Å². The summed E-state index contributed by atoms with van der Waals surface area (Å²) in [5.41, 5.74) is 1.89. The van der Waals surface area contributed by atoms with Gasteiger partial charge in [-0.05, 0) is 52.9 Å². The minimum Gasteiger partial charge on any atom is -0.461 e. The van der Waals surface area contributed by atoms with Crippen LogP contribution >= 0.6 is 0 Å². The number of fused-ring (bicyclic) bond motifs is 1. The highest BCUT2D eigenvalue weighted by atomic mass is 16.3. The number of rotatable bonds is 10. The van der Waals surface area contributed by atoms with Gasteiger partial charge in [-0.2, -0.15) is 0 Å². The average Bonchev–Trinajstić information content (AvgIpc) is 3.38. The van der Waals surface area contributed by atoms with Crippen LogP contribution < -0.4 is 10.6 Å². The lowest BCUT2D eigenvalue weighted by atomic mass is 9.97. The summed E-state index contributed by atoms with van der Waals surface area (Å²) in [6, 6.07) is 26.2. The number of hydrogen-bond acceptors (Lipinski definition) is 4. The van der Waals surface area contributed by atoms with Crippen LogP contribution in [0.25, 0.3) is 10.8 Å². The summed E-state index contributed by atoms with van der Waals surface area (Å²) in [6.07, 6.45) is 2.49. The third kappa shape index (κ3) is 5.93. The first kappa shape index (κ1) is 23.3. The first-order valence-electron chi connectivity index (χ1n) is 11.7. The van der Waals surface area contributed by atoms with E-state index in [0.717, 1.165) is 22.0 Å². The molecule has 0 aliphatic carbocycles. The molecule has 4 rings (SSSR count). The number of anilines is 1. The van der Waals surface area contributed by atoms with E-state index in [1.165, 1.54) is 6.26 Å². The fourth-order valence-corrected chi connectivity index (χ4v) is 4.11. The Morgan fingerprint density at radius 3 is 2.26 bits per heavy atom. The van der Waals surface area contributed by atoms with Crippen LogP contribution in [-0.2, 0) is 11.2 Å². The second-order valence-electron chi connectivity index (χ2n) is 8.98. The van der Waals surface area contributed by atoms with E-state index in [-0.39, 0.29) is 23.4 Å². The van der Waals surface area contributed by atoms with Crippen molar-refractivity contribution in [2.75, 3.05) is 5.32 Å². The Hall–Kier alpha value is -3.86. The van der Waals surface area contributed by atoms with Crippen LogP contribution in [0.15, 0.2) is 95.6 Å². The molecule has 3 aromatic carbocycles. The van der Waals surface area contributed by atoms with Gasteiger partial charge in [-0.15, -0.1) is 0 Å². The summed E-state index contributed by atoms with van der Waals surface area (Å²) in [6.45, 7) is 4.06. The van der Waals surface area contributed by atoms with Crippen LogP contribution in [0, 0.1) is 5.92 Å². The minimum absolute atomic E-state index is 0.212. The molecule has 0 fully saturated rings. The molecule has 2 atom stereocenters. The highest BCUT2D eigenvalue weighted by Gasteiger charge is 2.28. The number of carbonyl (C=O) groups excluding carboxylic acids is 2. The van der Waals surface area contributed by atoms with Crippen LogP contribution in [0.3, 0.4) is 0 Å². The van der Waals surface area contributed by atoms with Gasteiger partial charge in [0.15, 0.2) is 5.76 Å². The van der Waals surface area contributed by atoms with Crippen molar-refractivity contribution in [3.05, 3.63) is 103 Å². The molecule has 0 bridgehead atoms. The van der Waals surface area contributed by atoms with E-state index >= 15 is 0 Å². The van der Waals surface area contributed by atoms with Gasteiger partial charge in [0.2, 0.25) is 11.7 Å². The maximum absolute atomic E-state index is 13.5. The van der Waals surface area contributed by atoms with Crippen LogP contribution in [0.2, 0.25) is 0 Å². The normalized spacial score (nSPS) is 12.9. The van der Waals surface area contributed by atoms with Crippen LogP contribution in [0.4, 0.5) is 5.69 Å². The van der Waals surface area contributed by atoms with Gasteiger partial charge in [0.05, 0.1) is 12.3 Å². The number of ketones is 1. The van der Waals surface area contributed by atoms with Crippen LogP contribution in [0.1, 0.15) is 36.4 Å². The molecule has 5 nitrogen and oxygen atoms in total. The Bertz CT molecular complexity index is 1230. The number of nitrogens with one attached hydrogen (secondary N) is 2. The Morgan fingerprint density at radius 1 is 0.824 bits per heavy atom. The van der Waals surface area contributed by atoms with Gasteiger partial charge < -0.3 is 15.1 Å². The second kappa shape index (κ2) is 10.8. The molecule has 174 valence electrons. The Morgan fingerprint density at radius 2 is 1.56 bits per heavy atom. The molecule has 0 aliphatic rings. The lowest BCUT2D eigenvalue weighted by Gasteiger charge is -2.24. The third-order valence-corrected chi connectivity index (χ3v) is 5.79. The zero-order valence-electron chi connectivity index (χ0n) is 19.5. The Balaban J connectivity index is 1.58. The highest BCUT2D eigenvalue weighted by molar-refractivity contribution is 6.00. The van der Waals surface area contributed by atoms with E-state index in [0.29, 0.717) is 12.8 Å². The summed E-state index contributed by atoms with van der Waals surface area (Å²) < 4.78 is 5.32. The summed E-state index contributed by atoms with van der Waals surface area (Å²) in [5, 5.41) is 8.64. The van der Waals surface area contributed by atoms with E-state index < -0.39 is 12.1 Å². The van der Waals surface area contributed by atoms with Crippen molar-refractivity contribution >= 4 is 28.2 Å². The van der Waals surface area contributed by atoms with Crippen molar-refractivity contribution in [3.8, 4) is 0 Å². The van der Waals surface area contributed by atoms with Crippen LogP contribution in [-0.4, -0.2) is 23.8 Å². The first-order chi connectivity index (χ1) is 16.5. The number of carbonyl (C=O) groups is 2. The third-order valence-electron chi connectivity index (χ3n) is 5.79. The van der Waals surface area contributed by atoms with Crippen molar-refractivity contribution in [1.82, 2.24) is 5.32 Å². The molecule has 34 heavy (non-hydrogen) atoms. The lowest BCUT2D eigenvalue weighted by molar-refractivity contribution is -0.122. The van der Waals surface area contributed by atoms with Crippen molar-refractivity contribution in [2.45, 2.75) is 38.8 Å². The molecule has 1 heterocycles. The second-order valence-corrected chi connectivity index (χ2v) is 8.98. The standard InChI is InChI=1S/C29H30N2O3/c1-20(2)17-25(28(32)27-13-8-16-34-27)31-29(33)26(18-21-9-4-3-5-10-21)30-24-15-14-22-11-6-7-12-23(22)19-24/h3-16,19-20,25-26,30H,17-18H2,1-2H3,(H,31,33)/t25-,26-/m0/s1. The van der Waals surface area contributed by atoms with Gasteiger partial charge in [-0.1, -0.05) is 74.5 Å². The van der Waals surface area contributed by atoms with Crippen LogP contribution in [0.5, 0.6) is 0 Å². The first-order valence-corrected chi connectivity index (χ1v) is 11.7. The van der Waals surface area contributed by atoms with Gasteiger partial charge >= 0.3 is 0 Å². The summed E-state index contributed by atoms with van der Waals surface area (Å²) in [7, 11) is 0. The fraction of sp³-hybridized carbons (Fsp3) is 0.241. The summed E-state index contributed by atoms with van der Waals surface area (Å²) >= 11 is 0. The number of amides is 1. The van der Waals surface area contributed by atoms with E-state index in [4.69, 9.17) is 4.42 Å². The van der Waals surface area contributed by atoms with E-state index in [1.54, 1.807) is 12.1 Å². The highest BCUT2D eigenvalue weighted by Crippen LogP contribution is 2.21. The van der Waals surface area contributed by atoms with Crippen molar-refractivity contribution in [1.29, 1.82) is 0 Å². The molecule has 5 heteroatoms. The van der Waals surface area contributed by atoms with Gasteiger partial charge in [0.1, 0.15) is 6.04 Å². The predicted molar refractivity (Wildman–Crippen MR) is 136 cm³/mol. The molecule has 0 saturated heterocycles. The quantitative estimate of drug-likeness (QED) is 0.294. The summed E-state index contributed by atoms with van der Waals surface area (Å²) in [5.74, 6) is 0.0528. The molecule has 0 spiro atoms. The Kier molecular flexibility index (Phi) is 7.43. The molecule has 0 unspecified atom stereocenters. The topological polar surface area (TPSA) is 71.3 Å².